The molecule has 1 aromatic rings. The third-order valence-corrected chi connectivity index (χ3v) is 5.84. The zero-order chi connectivity index (χ0) is 16.4. The van der Waals surface area contributed by atoms with Crippen molar-refractivity contribution in [1.82, 2.24) is 4.90 Å². The molecule has 23 heavy (non-hydrogen) atoms. The smallest absolute Gasteiger partial charge is 0.270 e. The van der Waals surface area contributed by atoms with Crippen LogP contribution in [-0.2, 0) is 4.79 Å². The Bertz CT molecular complexity index is 631. The summed E-state index contributed by atoms with van der Waals surface area (Å²) in [5.74, 6) is 0.582. The number of hydrogen-bond acceptors (Lipinski definition) is 3. The predicted molar refractivity (Wildman–Crippen MR) is 100 cm³/mol. The van der Waals surface area contributed by atoms with Crippen LogP contribution in [0.5, 0.6) is 0 Å². The summed E-state index contributed by atoms with van der Waals surface area (Å²) in [4.78, 5) is 16.6. The molecule has 2 aliphatic rings. The summed E-state index contributed by atoms with van der Waals surface area (Å²) >= 11 is 6.84. The fourth-order valence-corrected chi connectivity index (χ4v) is 4.28. The van der Waals surface area contributed by atoms with Crippen LogP contribution >= 0.6 is 24.0 Å². The molecule has 2 fully saturated rings. The van der Waals surface area contributed by atoms with Crippen LogP contribution in [0.2, 0.25) is 0 Å². The highest BCUT2D eigenvalue weighted by Gasteiger charge is 2.35. The molecule has 2 saturated heterocycles. The Morgan fingerprint density at radius 1 is 1.26 bits per heavy atom. The third-order valence-electron chi connectivity index (χ3n) is 4.47. The van der Waals surface area contributed by atoms with Crippen molar-refractivity contribution in [3.05, 3.63) is 40.3 Å². The Balaban J connectivity index is 1.72. The van der Waals surface area contributed by atoms with Gasteiger partial charge in [-0.1, -0.05) is 62.1 Å². The lowest BCUT2D eigenvalue weighted by Crippen LogP contribution is -3.11. The lowest BCUT2D eigenvalue weighted by molar-refractivity contribution is -0.894. The second kappa shape index (κ2) is 7.16. The number of rotatable bonds is 4. The molecule has 0 radical (unpaired) electrons. The molecule has 0 unspecified atom stereocenters. The molecule has 0 aromatic heterocycles. The second-order valence-corrected chi connectivity index (χ2v) is 8.22. The third kappa shape index (κ3) is 3.84. The Morgan fingerprint density at radius 3 is 2.52 bits per heavy atom. The SMILES string of the molecule is CC(C)c1ccc(/C=C2\SC(=S)N(C[NH+]3CCCC3)C2=O)cc1. The van der Waals surface area contributed by atoms with Crippen LogP contribution in [0.1, 0.15) is 43.7 Å². The average molecular weight is 348 g/mol. The molecule has 1 aromatic carbocycles. The molecular formula is C18H23N2OS2+. The first-order valence-electron chi connectivity index (χ1n) is 8.23. The van der Waals surface area contributed by atoms with Crippen molar-refractivity contribution in [3.63, 3.8) is 0 Å². The standard InChI is InChI=1S/C18H22N2OS2/c1-13(2)15-7-5-14(6-8-15)11-16-17(21)20(18(22)23-16)12-19-9-3-4-10-19/h5-8,11,13H,3-4,9-10,12H2,1-2H3/p+1/b16-11-. The number of benzene rings is 1. The molecule has 3 nitrogen and oxygen atoms in total. The van der Waals surface area contributed by atoms with Crippen molar-refractivity contribution in [1.29, 1.82) is 0 Å². The number of thioether (sulfide) groups is 1. The molecule has 1 N–H and O–H groups in total. The van der Waals surface area contributed by atoms with E-state index in [9.17, 15) is 4.79 Å². The van der Waals surface area contributed by atoms with E-state index in [1.807, 2.05) is 6.08 Å². The Morgan fingerprint density at radius 2 is 1.91 bits per heavy atom. The summed E-state index contributed by atoms with van der Waals surface area (Å²) in [5.41, 5.74) is 2.37. The van der Waals surface area contributed by atoms with E-state index in [0.717, 1.165) is 23.6 Å². The maximum absolute atomic E-state index is 12.6. The maximum atomic E-state index is 12.6. The van der Waals surface area contributed by atoms with E-state index in [0.29, 0.717) is 16.9 Å². The molecule has 2 heterocycles. The van der Waals surface area contributed by atoms with Crippen molar-refractivity contribution >= 4 is 40.3 Å². The van der Waals surface area contributed by atoms with E-state index >= 15 is 0 Å². The lowest BCUT2D eigenvalue weighted by atomic mass is 10.0. The molecule has 5 heteroatoms. The van der Waals surface area contributed by atoms with Gasteiger partial charge in [0, 0.05) is 12.8 Å². The predicted octanol–water partition coefficient (Wildman–Crippen LogP) is 2.65. The highest BCUT2D eigenvalue weighted by molar-refractivity contribution is 8.26. The Kier molecular flexibility index (Phi) is 5.19. The zero-order valence-electron chi connectivity index (χ0n) is 13.7. The lowest BCUT2D eigenvalue weighted by Gasteiger charge is -2.19. The van der Waals surface area contributed by atoms with Crippen LogP contribution in [0.3, 0.4) is 0 Å². The molecule has 0 atom stereocenters. The van der Waals surface area contributed by atoms with Gasteiger partial charge in [0.05, 0.1) is 18.0 Å². The van der Waals surface area contributed by atoms with E-state index in [4.69, 9.17) is 12.2 Å². The van der Waals surface area contributed by atoms with Gasteiger partial charge in [-0.25, -0.2) is 4.90 Å². The van der Waals surface area contributed by atoms with Gasteiger partial charge in [0.2, 0.25) is 0 Å². The number of thiocarbonyl (C=S) groups is 1. The van der Waals surface area contributed by atoms with E-state index in [1.165, 1.54) is 35.1 Å². The summed E-state index contributed by atoms with van der Waals surface area (Å²) in [6.07, 6.45) is 4.47. The Labute approximate surface area is 147 Å². The number of likely N-dealkylation sites (tertiary alicyclic amines) is 1. The minimum Gasteiger partial charge on any atom is -0.317 e. The van der Waals surface area contributed by atoms with Gasteiger partial charge in [-0.3, -0.25) is 4.79 Å². The molecule has 0 saturated carbocycles. The zero-order valence-corrected chi connectivity index (χ0v) is 15.3. The van der Waals surface area contributed by atoms with Crippen LogP contribution in [0.15, 0.2) is 29.2 Å². The van der Waals surface area contributed by atoms with E-state index in [-0.39, 0.29) is 5.91 Å². The first-order chi connectivity index (χ1) is 11.0. The number of quaternary nitrogens is 1. The minimum atomic E-state index is 0.0623. The van der Waals surface area contributed by atoms with Crippen molar-refractivity contribution < 1.29 is 9.69 Å². The van der Waals surface area contributed by atoms with Crippen LogP contribution in [0.25, 0.3) is 6.08 Å². The molecule has 122 valence electrons. The maximum Gasteiger partial charge on any atom is 0.270 e. The number of hydrogen-bond donors (Lipinski definition) is 1. The fourth-order valence-electron chi connectivity index (χ4n) is 3.02. The van der Waals surface area contributed by atoms with Gasteiger partial charge >= 0.3 is 0 Å². The second-order valence-electron chi connectivity index (χ2n) is 6.55. The van der Waals surface area contributed by atoms with E-state index in [1.54, 1.807) is 4.90 Å². The number of nitrogens with zero attached hydrogens (tertiary/aromatic N) is 1. The summed E-state index contributed by atoms with van der Waals surface area (Å²) in [7, 11) is 0. The number of nitrogens with one attached hydrogen (secondary N) is 1. The van der Waals surface area contributed by atoms with Gasteiger partial charge in [0.1, 0.15) is 0 Å². The average Bonchev–Trinajstić information content (AvgIpc) is 3.12. The van der Waals surface area contributed by atoms with Gasteiger partial charge < -0.3 is 4.90 Å². The monoisotopic (exact) mass is 347 g/mol. The first kappa shape index (κ1) is 16.7. The van der Waals surface area contributed by atoms with Crippen molar-refractivity contribution in [2.24, 2.45) is 0 Å². The van der Waals surface area contributed by atoms with Crippen LogP contribution < -0.4 is 4.90 Å². The molecule has 0 bridgehead atoms. The minimum absolute atomic E-state index is 0.0623. The fraction of sp³-hybridized carbons (Fsp3) is 0.444. The topological polar surface area (TPSA) is 24.8 Å². The number of carbonyl (C=O) groups is 1. The molecule has 2 aliphatic heterocycles. The largest absolute Gasteiger partial charge is 0.317 e. The Hall–Kier alpha value is -1.17. The summed E-state index contributed by atoms with van der Waals surface area (Å²) in [6, 6.07) is 8.42. The first-order valence-corrected chi connectivity index (χ1v) is 9.46. The summed E-state index contributed by atoms with van der Waals surface area (Å²) in [6.45, 7) is 7.37. The summed E-state index contributed by atoms with van der Waals surface area (Å²) in [5, 5.41) is 0. The van der Waals surface area contributed by atoms with E-state index in [2.05, 4.69) is 38.1 Å². The molecule has 3 rings (SSSR count). The molecular weight excluding hydrogens is 324 g/mol. The quantitative estimate of drug-likeness (QED) is 0.669. The van der Waals surface area contributed by atoms with Crippen molar-refractivity contribution in [3.8, 4) is 0 Å². The van der Waals surface area contributed by atoms with Gasteiger partial charge in [0.15, 0.2) is 11.0 Å². The van der Waals surface area contributed by atoms with E-state index < -0.39 is 0 Å². The van der Waals surface area contributed by atoms with Gasteiger partial charge in [-0.15, -0.1) is 0 Å². The highest BCUT2D eigenvalue weighted by Crippen LogP contribution is 2.32. The van der Waals surface area contributed by atoms with Crippen LogP contribution in [-0.4, -0.2) is 34.9 Å². The number of carbonyl (C=O) groups excluding carboxylic acids is 1. The van der Waals surface area contributed by atoms with Crippen molar-refractivity contribution in [2.75, 3.05) is 19.8 Å². The molecule has 1 amide bonds. The normalized spacial score (nSPS) is 21.2. The molecule has 0 spiro atoms. The van der Waals surface area contributed by atoms with Gasteiger partial charge in [0.25, 0.3) is 5.91 Å². The highest BCUT2D eigenvalue weighted by atomic mass is 32.2. The van der Waals surface area contributed by atoms with Gasteiger partial charge in [-0.2, -0.15) is 0 Å². The summed E-state index contributed by atoms with van der Waals surface area (Å²) < 4.78 is 0.694. The van der Waals surface area contributed by atoms with Gasteiger partial charge in [-0.05, 0) is 23.1 Å². The van der Waals surface area contributed by atoms with Crippen LogP contribution in [0.4, 0.5) is 0 Å². The van der Waals surface area contributed by atoms with Crippen LogP contribution in [0, 0.1) is 0 Å². The molecule has 0 aliphatic carbocycles. The van der Waals surface area contributed by atoms with Crippen molar-refractivity contribution in [2.45, 2.75) is 32.6 Å². The number of amides is 1.